The van der Waals surface area contributed by atoms with Gasteiger partial charge in [-0.2, -0.15) is 5.10 Å². The first kappa shape index (κ1) is 15.7. The van der Waals surface area contributed by atoms with Crippen molar-refractivity contribution in [2.24, 2.45) is 0 Å². The van der Waals surface area contributed by atoms with Gasteiger partial charge in [-0.25, -0.2) is 9.67 Å². The number of carbonyl (C=O) groups excluding carboxylic acids is 1. The Morgan fingerprint density at radius 1 is 1.33 bits per heavy atom. The second-order valence-corrected chi connectivity index (χ2v) is 5.58. The largest absolute Gasteiger partial charge is 0.376 e. The summed E-state index contributed by atoms with van der Waals surface area (Å²) in [6.45, 7) is 0.130. The number of benzene rings is 1. The predicted octanol–water partition coefficient (Wildman–Crippen LogP) is 0.502. The first-order chi connectivity index (χ1) is 11.5. The van der Waals surface area contributed by atoms with E-state index < -0.39 is 0 Å². The highest BCUT2D eigenvalue weighted by Gasteiger charge is 2.08. The second kappa shape index (κ2) is 6.53. The third kappa shape index (κ3) is 3.43. The van der Waals surface area contributed by atoms with Crippen LogP contribution in [0.3, 0.4) is 0 Å². The minimum atomic E-state index is -0.319. The average molecular weight is 326 g/mol. The molecule has 1 aromatic carbocycles. The minimum Gasteiger partial charge on any atom is -0.376 e. The molecule has 2 aromatic heterocycles. The Morgan fingerprint density at radius 2 is 2.12 bits per heavy atom. The topological polar surface area (TPSA) is 95.9 Å². The van der Waals surface area contributed by atoms with Crippen LogP contribution in [0.5, 0.6) is 0 Å². The van der Waals surface area contributed by atoms with E-state index in [1.807, 2.05) is 38.4 Å². The molecule has 3 aromatic rings. The Balaban J connectivity index is 1.62. The smallest absolute Gasteiger partial charge is 0.269 e. The minimum absolute atomic E-state index is 0.132. The number of fused-ring (bicyclic) bond motifs is 1. The number of H-pyrrole nitrogens is 1. The van der Waals surface area contributed by atoms with Crippen LogP contribution in [0.2, 0.25) is 0 Å². The fourth-order valence-corrected chi connectivity index (χ4v) is 2.25. The molecular weight excluding hydrogens is 308 g/mol. The molecule has 0 atom stereocenters. The lowest BCUT2D eigenvalue weighted by atomic mass is 10.3. The predicted molar refractivity (Wildman–Crippen MR) is 90.8 cm³/mol. The van der Waals surface area contributed by atoms with Crippen LogP contribution < -0.4 is 15.8 Å². The fraction of sp³-hybridized carbons (Fsp3) is 0.250. The highest BCUT2D eigenvalue weighted by Crippen LogP contribution is 2.09. The van der Waals surface area contributed by atoms with E-state index in [4.69, 9.17) is 0 Å². The van der Waals surface area contributed by atoms with Gasteiger partial charge < -0.3 is 15.2 Å². The number of aromatic amines is 1. The first-order valence-electron chi connectivity index (χ1n) is 7.48. The molecule has 8 heteroatoms. The summed E-state index contributed by atoms with van der Waals surface area (Å²) >= 11 is 0. The summed E-state index contributed by atoms with van der Waals surface area (Å²) in [5.41, 5.74) is 2.14. The lowest BCUT2D eigenvalue weighted by molar-refractivity contribution is -0.122. The molecule has 124 valence electrons. The maximum atomic E-state index is 12.0. The highest BCUT2D eigenvalue weighted by atomic mass is 16.2. The van der Waals surface area contributed by atoms with Gasteiger partial charge in [0.15, 0.2) is 0 Å². The van der Waals surface area contributed by atoms with Crippen molar-refractivity contribution in [1.82, 2.24) is 25.1 Å². The first-order valence-corrected chi connectivity index (χ1v) is 7.48. The Morgan fingerprint density at radius 3 is 2.83 bits per heavy atom. The van der Waals surface area contributed by atoms with Crippen LogP contribution in [-0.4, -0.2) is 39.8 Å². The van der Waals surface area contributed by atoms with Crippen molar-refractivity contribution in [3.63, 3.8) is 0 Å². The second-order valence-electron chi connectivity index (χ2n) is 5.58. The average Bonchev–Trinajstić information content (AvgIpc) is 2.97. The lowest BCUT2D eigenvalue weighted by Crippen LogP contribution is -2.33. The van der Waals surface area contributed by atoms with Crippen molar-refractivity contribution in [2.75, 3.05) is 19.0 Å². The molecule has 24 heavy (non-hydrogen) atoms. The SMILES string of the molecule is CN(C)c1cnn(CC(=O)NCc2nc3ccccc3[nH]2)c(=O)c1. The monoisotopic (exact) mass is 326 g/mol. The Kier molecular flexibility index (Phi) is 4.28. The van der Waals surface area contributed by atoms with Crippen LogP contribution in [0.25, 0.3) is 11.0 Å². The van der Waals surface area contributed by atoms with Gasteiger partial charge in [0.25, 0.3) is 5.56 Å². The molecule has 8 nitrogen and oxygen atoms in total. The van der Waals surface area contributed by atoms with Crippen molar-refractivity contribution in [1.29, 1.82) is 0 Å². The summed E-state index contributed by atoms with van der Waals surface area (Å²) in [4.78, 5) is 33.2. The molecule has 0 spiro atoms. The lowest BCUT2D eigenvalue weighted by Gasteiger charge is -2.12. The van der Waals surface area contributed by atoms with Crippen molar-refractivity contribution >= 4 is 22.6 Å². The maximum absolute atomic E-state index is 12.0. The molecule has 0 saturated heterocycles. The summed E-state index contributed by atoms with van der Waals surface area (Å²) < 4.78 is 1.13. The molecule has 0 unspecified atom stereocenters. The van der Waals surface area contributed by atoms with E-state index >= 15 is 0 Å². The van der Waals surface area contributed by atoms with Crippen molar-refractivity contribution in [3.05, 3.63) is 52.7 Å². The molecule has 0 radical (unpaired) electrons. The molecule has 0 bridgehead atoms. The zero-order valence-corrected chi connectivity index (χ0v) is 13.5. The van der Waals surface area contributed by atoms with Gasteiger partial charge in [0, 0.05) is 20.2 Å². The Labute approximate surface area is 138 Å². The molecule has 0 aliphatic carbocycles. The number of rotatable bonds is 5. The molecule has 0 aliphatic heterocycles. The van der Waals surface area contributed by atoms with Crippen LogP contribution in [-0.2, 0) is 17.9 Å². The number of aromatic nitrogens is 4. The van der Waals surface area contributed by atoms with E-state index in [0.29, 0.717) is 11.5 Å². The van der Waals surface area contributed by atoms with Crippen LogP contribution in [0, 0.1) is 0 Å². The number of anilines is 1. The summed E-state index contributed by atoms with van der Waals surface area (Å²) in [5.74, 6) is 0.357. The zero-order valence-electron chi connectivity index (χ0n) is 13.5. The van der Waals surface area contributed by atoms with Crippen LogP contribution >= 0.6 is 0 Å². The summed E-state index contributed by atoms with van der Waals surface area (Å²) in [6.07, 6.45) is 1.55. The number of hydrogen-bond acceptors (Lipinski definition) is 5. The number of carbonyl (C=O) groups is 1. The molecular formula is C16H18N6O2. The molecule has 2 N–H and O–H groups in total. The summed E-state index contributed by atoms with van der Waals surface area (Å²) in [6, 6.07) is 9.08. The molecule has 2 heterocycles. The third-order valence-corrected chi connectivity index (χ3v) is 3.56. The number of para-hydroxylation sites is 2. The van der Waals surface area contributed by atoms with Crippen molar-refractivity contribution in [3.8, 4) is 0 Å². The van der Waals surface area contributed by atoms with E-state index in [2.05, 4.69) is 20.4 Å². The highest BCUT2D eigenvalue weighted by molar-refractivity contribution is 5.76. The van der Waals surface area contributed by atoms with Gasteiger partial charge >= 0.3 is 0 Å². The van der Waals surface area contributed by atoms with E-state index in [-0.39, 0.29) is 24.6 Å². The van der Waals surface area contributed by atoms with Crippen molar-refractivity contribution in [2.45, 2.75) is 13.1 Å². The molecule has 0 saturated carbocycles. The van der Waals surface area contributed by atoms with Crippen LogP contribution in [0.1, 0.15) is 5.82 Å². The summed E-state index contributed by atoms with van der Waals surface area (Å²) in [5, 5.41) is 6.74. The van der Waals surface area contributed by atoms with Crippen LogP contribution in [0.15, 0.2) is 41.3 Å². The van der Waals surface area contributed by atoms with Crippen LogP contribution in [0.4, 0.5) is 5.69 Å². The van der Waals surface area contributed by atoms with Gasteiger partial charge in [-0.1, -0.05) is 12.1 Å². The van der Waals surface area contributed by atoms with Gasteiger partial charge in [-0.05, 0) is 12.1 Å². The van der Waals surface area contributed by atoms with E-state index in [1.54, 1.807) is 11.1 Å². The van der Waals surface area contributed by atoms with Gasteiger partial charge in [0.2, 0.25) is 5.91 Å². The van der Waals surface area contributed by atoms with Gasteiger partial charge in [0.1, 0.15) is 12.4 Å². The standard InChI is InChI=1S/C16H18N6O2/c1-21(2)11-7-16(24)22(18-8-11)10-15(23)17-9-14-19-12-5-3-4-6-13(12)20-14/h3-8H,9-10H2,1-2H3,(H,17,23)(H,19,20). The Bertz CT molecular complexity index is 894. The number of imidazole rings is 1. The Hall–Kier alpha value is -3.16. The molecule has 0 fully saturated rings. The number of amides is 1. The number of hydrogen-bond donors (Lipinski definition) is 2. The maximum Gasteiger partial charge on any atom is 0.269 e. The van der Waals surface area contributed by atoms with Crippen molar-refractivity contribution < 1.29 is 4.79 Å². The number of nitrogens with one attached hydrogen (secondary N) is 2. The summed E-state index contributed by atoms with van der Waals surface area (Å²) in [7, 11) is 3.64. The van der Waals surface area contributed by atoms with Gasteiger partial charge in [0.05, 0.1) is 29.5 Å². The quantitative estimate of drug-likeness (QED) is 0.712. The molecule has 3 rings (SSSR count). The van der Waals surface area contributed by atoms with E-state index in [9.17, 15) is 9.59 Å². The fourth-order valence-electron chi connectivity index (χ4n) is 2.25. The third-order valence-electron chi connectivity index (χ3n) is 3.56. The molecule has 1 amide bonds. The van der Waals surface area contributed by atoms with E-state index in [1.165, 1.54) is 6.07 Å². The van der Waals surface area contributed by atoms with E-state index in [0.717, 1.165) is 15.7 Å². The number of nitrogens with zero attached hydrogens (tertiary/aromatic N) is 4. The normalized spacial score (nSPS) is 10.8. The zero-order chi connectivity index (χ0) is 17.1. The molecule has 0 aliphatic rings. The van der Waals surface area contributed by atoms with Gasteiger partial charge in [-0.3, -0.25) is 9.59 Å². The van der Waals surface area contributed by atoms with Gasteiger partial charge in [-0.15, -0.1) is 0 Å².